The van der Waals surface area contributed by atoms with Gasteiger partial charge in [-0.25, -0.2) is 9.78 Å². The van der Waals surface area contributed by atoms with Crippen molar-refractivity contribution in [2.45, 2.75) is 12.5 Å². The Bertz CT molecular complexity index is 408. The van der Waals surface area contributed by atoms with Crippen LogP contribution in [0.2, 0.25) is 0 Å². The number of carbonyl (C=O) groups is 2. The third-order valence-electron chi connectivity index (χ3n) is 1.97. The summed E-state index contributed by atoms with van der Waals surface area (Å²) >= 11 is 2.67. The van der Waals surface area contributed by atoms with Crippen LogP contribution in [0.15, 0.2) is 5.38 Å². The van der Waals surface area contributed by atoms with Gasteiger partial charge in [0.1, 0.15) is 11.7 Å². The number of anilines is 1. The second kappa shape index (κ2) is 6.45. The number of carbonyl (C=O) groups excluding carboxylic acids is 1. The Morgan fingerprint density at radius 2 is 2.41 bits per heavy atom. The van der Waals surface area contributed by atoms with Crippen LogP contribution < -0.4 is 11.1 Å². The minimum absolute atomic E-state index is 0.155. The van der Waals surface area contributed by atoms with Gasteiger partial charge in [-0.15, -0.1) is 11.3 Å². The molecule has 0 radical (unpaired) electrons. The number of rotatable bonds is 6. The molecule has 0 saturated heterocycles. The van der Waals surface area contributed by atoms with Gasteiger partial charge in [-0.3, -0.25) is 4.79 Å². The van der Waals surface area contributed by atoms with Crippen LogP contribution in [0.25, 0.3) is 0 Å². The molecular formula is C9H13N3O3S2. The Kier molecular flexibility index (Phi) is 5.23. The zero-order valence-electron chi connectivity index (χ0n) is 9.17. The Balaban J connectivity index is 2.60. The molecule has 0 aliphatic rings. The zero-order chi connectivity index (χ0) is 12.8. The molecule has 8 heteroatoms. The highest BCUT2D eigenvalue weighted by Gasteiger charge is 2.21. The summed E-state index contributed by atoms with van der Waals surface area (Å²) in [7, 11) is 0. The fourth-order valence-corrected chi connectivity index (χ4v) is 2.13. The number of nitrogens with zero attached hydrogens (tertiary/aromatic N) is 1. The van der Waals surface area contributed by atoms with E-state index in [1.165, 1.54) is 17.1 Å². The van der Waals surface area contributed by atoms with Gasteiger partial charge in [0, 0.05) is 5.38 Å². The largest absolute Gasteiger partial charge is 0.480 e. The van der Waals surface area contributed by atoms with Crippen LogP contribution in [0.5, 0.6) is 0 Å². The van der Waals surface area contributed by atoms with E-state index in [0.717, 1.165) is 11.3 Å². The number of amides is 1. The lowest BCUT2D eigenvalue weighted by atomic mass is 10.2. The van der Waals surface area contributed by atoms with Crippen LogP contribution in [0.3, 0.4) is 0 Å². The number of aliphatic carboxylic acids is 1. The minimum atomic E-state index is -1.05. The maximum atomic E-state index is 11.6. The van der Waals surface area contributed by atoms with Crippen molar-refractivity contribution in [1.82, 2.24) is 10.3 Å². The Morgan fingerprint density at radius 3 is 2.88 bits per heavy atom. The van der Waals surface area contributed by atoms with Crippen molar-refractivity contribution in [3.05, 3.63) is 11.1 Å². The molecule has 0 bridgehead atoms. The number of carboxylic acids is 1. The normalized spacial score (nSPS) is 12.1. The molecular weight excluding hydrogens is 262 g/mol. The van der Waals surface area contributed by atoms with Crippen molar-refractivity contribution in [2.24, 2.45) is 0 Å². The first-order chi connectivity index (χ1) is 8.04. The molecule has 6 nitrogen and oxygen atoms in total. The third kappa shape index (κ3) is 4.23. The molecule has 0 aromatic carbocycles. The second-order valence-electron chi connectivity index (χ2n) is 3.22. The summed E-state index contributed by atoms with van der Waals surface area (Å²) in [4.78, 5) is 26.3. The molecule has 0 fully saturated rings. The summed E-state index contributed by atoms with van der Waals surface area (Å²) in [5.41, 5.74) is 5.55. The van der Waals surface area contributed by atoms with E-state index in [-0.39, 0.29) is 10.8 Å². The quantitative estimate of drug-likeness (QED) is 0.704. The van der Waals surface area contributed by atoms with Crippen molar-refractivity contribution < 1.29 is 14.7 Å². The molecule has 0 spiro atoms. The highest BCUT2D eigenvalue weighted by Crippen LogP contribution is 2.11. The van der Waals surface area contributed by atoms with Crippen molar-refractivity contribution in [3.8, 4) is 0 Å². The molecule has 1 amide bonds. The highest BCUT2D eigenvalue weighted by molar-refractivity contribution is 7.98. The zero-order valence-corrected chi connectivity index (χ0v) is 10.8. The summed E-state index contributed by atoms with van der Waals surface area (Å²) in [5.74, 6) is -0.891. The monoisotopic (exact) mass is 275 g/mol. The van der Waals surface area contributed by atoms with E-state index in [0.29, 0.717) is 12.2 Å². The molecule has 1 heterocycles. The van der Waals surface area contributed by atoms with Crippen LogP contribution in [0.4, 0.5) is 5.13 Å². The lowest BCUT2D eigenvalue weighted by Crippen LogP contribution is -2.41. The number of nitrogens with one attached hydrogen (secondary N) is 1. The predicted molar refractivity (Wildman–Crippen MR) is 68.4 cm³/mol. The van der Waals surface area contributed by atoms with Crippen LogP contribution >= 0.6 is 23.1 Å². The molecule has 4 N–H and O–H groups in total. The van der Waals surface area contributed by atoms with E-state index in [1.807, 2.05) is 6.26 Å². The Hall–Kier alpha value is -1.28. The average Bonchev–Trinajstić information content (AvgIpc) is 2.70. The van der Waals surface area contributed by atoms with E-state index < -0.39 is 17.9 Å². The number of aromatic nitrogens is 1. The molecule has 1 aromatic rings. The fourth-order valence-electron chi connectivity index (χ4n) is 1.12. The smallest absolute Gasteiger partial charge is 0.326 e. The van der Waals surface area contributed by atoms with Gasteiger partial charge >= 0.3 is 5.97 Å². The van der Waals surface area contributed by atoms with E-state index in [4.69, 9.17) is 10.8 Å². The summed E-state index contributed by atoms with van der Waals surface area (Å²) in [6.45, 7) is 0. The van der Waals surface area contributed by atoms with Crippen LogP contribution in [-0.2, 0) is 4.79 Å². The van der Waals surface area contributed by atoms with E-state index >= 15 is 0 Å². The lowest BCUT2D eigenvalue weighted by Gasteiger charge is -2.12. The molecule has 0 unspecified atom stereocenters. The standard InChI is InChI=1S/C9H13N3O3S2/c1-16-3-2-5(8(14)15)11-7(13)6-4-17-9(10)12-6/h4-5H,2-3H2,1H3,(H2,10,12)(H,11,13)(H,14,15)/t5-/m0/s1. The van der Waals surface area contributed by atoms with Gasteiger partial charge in [-0.05, 0) is 18.4 Å². The van der Waals surface area contributed by atoms with E-state index in [1.54, 1.807) is 0 Å². The van der Waals surface area contributed by atoms with Gasteiger partial charge in [0.25, 0.3) is 5.91 Å². The number of thioether (sulfide) groups is 1. The molecule has 1 atom stereocenters. The van der Waals surface area contributed by atoms with Crippen molar-refractivity contribution in [2.75, 3.05) is 17.7 Å². The molecule has 0 saturated carbocycles. The number of nitrogen functional groups attached to an aromatic ring is 1. The number of hydrogen-bond donors (Lipinski definition) is 3. The molecule has 17 heavy (non-hydrogen) atoms. The summed E-state index contributed by atoms with van der Waals surface area (Å²) in [5, 5.41) is 13.1. The fraction of sp³-hybridized carbons (Fsp3) is 0.444. The maximum Gasteiger partial charge on any atom is 0.326 e. The SMILES string of the molecule is CSCC[C@H](NC(=O)c1csc(N)n1)C(=O)O. The first-order valence-corrected chi connectivity index (χ1v) is 7.05. The Morgan fingerprint density at radius 1 is 1.71 bits per heavy atom. The number of nitrogens with two attached hydrogens (primary N) is 1. The topological polar surface area (TPSA) is 105 Å². The summed E-state index contributed by atoms with van der Waals surface area (Å²) in [6.07, 6.45) is 2.25. The first-order valence-electron chi connectivity index (χ1n) is 4.78. The van der Waals surface area contributed by atoms with Gasteiger partial charge in [0.05, 0.1) is 0 Å². The highest BCUT2D eigenvalue weighted by atomic mass is 32.2. The van der Waals surface area contributed by atoms with Gasteiger partial charge in [0.15, 0.2) is 5.13 Å². The number of carboxylic acid groups (broad SMARTS) is 1. The van der Waals surface area contributed by atoms with Gasteiger partial charge < -0.3 is 16.2 Å². The lowest BCUT2D eigenvalue weighted by molar-refractivity contribution is -0.139. The van der Waals surface area contributed by atoms with Crippen molar-refractivity contribution >= 4 is 40.1 Å². The number of thiazole rings is 1. The van der Waals surface area contributed by atoms with E-state index in [2.05, 4.69) is 10.3 Å². The van der Waals surface area contributed by atoms with Crippen molar-refractivity contribution in [3.63, 3.8) is 0 Å². The van der Waals surface area contributed by atoms with Gasteiger partial charge in [-0.1, -0.05) is 0 Å². The predicted octanol–water partition coefficient (Wildman–Crippen LogP) is 0.661. The Labute approximate surface area is 107 Å². The molecule has 1 rings (SSSR count). The molecule has 1 aromatic heterocycles. The maximum absolute atomic E-state index is 11.6. The third-order valence-corrected chi connectivity index (χ3v) is 3.29. The second-order valence-corrected chi connectivity index (χ2v) is 5.09. The van der Waals surface area contributed by atoms with Gasteiger partial charge in [-0.2, -0.15) is 11.8 Å². The summed E-state index contributed by atoms with van der Waals surface area (Å²) < 4.78 is 0. The molecule has 94 valence electrons. The average molecular weight is 275 g/mol. The minimum Gasteiger partial charge on any atom is -0.480 e. The van der Waals surface area contributed by atoms with Gasteiger partial charge in [0.2, 0.25) is 0 Å². The molecule has 0 aliphatic heterocycles. The van der Waals surface area contributed by atoms with E-state index in [9.17, 15) is 9.59 Å². The summed E-state index contributed by atoms with van der Waals surface area (Å²) in [6, 6.07) is -0.891. The first kappa shape index (κ1) is 13.8. The van der Waals surface area contributed by atoms with Crippen LogP contribution in [-0.4, -0.2) is 40.0 Å². The number of hydrogen-bond acceptors (Lipinski definition) is 6. The molecule has 0 aliphatic carbocycles. The van der Waals surface area contributed by atoms with Crippen LogP contribution in [0, 0.1) is 0 Å². The van der Waals surface area contributed by atoms with Crippen LogP contribution in [0.1, 0.15) is 16.9 Å². The van der Waals surface area contributed by atoms with Crippen molar-refractivity contribution in [1.29, 1.82) is 0 Å².